The third-order valence-electron chi connectivity index (χ3n) is 2.84. The first-order valence-electron chi connectivity index (χ1n) is 5.74. The number of furan rings is 1. The second-order valence-corrected chi connectivity index (χ2v) is 4.18. The van der Waals surface area contributed by atoms with Crippen LogP contribution in [0.4, 0.5) is 5.69 Å². The molecule has 1 heterocycles. The molecule has 0 fully saturated rings. The van der Waals surface area contributed by atoms with E-state index in [1.54, 1.807) is 18.0 Å². The van der Waals surface area contributed by atoms with E-state index < -0.39 is 0 Å². The average Bonchev–Trinajstić information content (AvgIpc) is 2.84. The van der Waals surface area contributed by atoms with Gasteiger partial charge in [-0.15, -0.1) is 0 Å². The Morgan fingerprint density at radius 3 is 2.50 bits per heavy atom. The Morgan fingerprint density at radius 2 is 2.00 bits per heavy atom. The summed E-state index contributed by atoms with van der Waals surface area (Å²) in [5.41, 5.74) is 7.96. The zero-order chi connectivity index (χ0) is 13.1. The molecule has 0 aliphatic rings. The van der Waals surface area contributed by atoms with E-state index >= 15 is 0 Å². The average molecular weight is 244 g/mol. The van der Waals surface area contributed by atoms with Crippen LogP contribution in [0.3, 0.4) is 0 Å². The first-order valence-corrected chi connectivity index (χ1v) is 5.74. The van der Waals surface area contributed by atoms with Crippen LogP contribution in [0.2, 0.25) is 0 Å². The molecule has 2 N–H and O–H groups in total. The van der Waals surface area contributed by atoms with Crippen molar-refractivity contribution in [2.24, 2.45) is 5.73 Å². The minimum Gasteiger partial charge on any atom is -0.469 e. The number of amides is 1. The van der Waals surface area contributed by atoms with Crippen molar-refractivity contribution in [3.8, 4) is 0 Å². The van der Waals surface area contributed by atoms with Gasteiger partial charge in [0.1, 0.15) is 12.0 Å². The number of nitrogens with zero attached hydrogens (tertiary/aromatic N) is 1. The van der Waals surface area contributed by atoms with Crippen molar-refractivity contribution >= 4 is 11.6 Å². The topological polar surface area (TPSA) is 59.5 Å². The van der Waals surface area contributed by atoms with Crippen LogP contribution in [-0.2, 0) is 6.54 Å². The van der Waals surface area contributed by atoms with Crippen LogP contribution in [0.25, 0.3) is 0 Å². The van der Waals surface area contributed by atoms with Gasteiger partial charge < -0.3 is 15.1 Å². The minimum atomic E-state index is -0.0904. The van der Waals surface area contributed by atoms with E-state index in [-0.39, 0.29) is 5.91 Å². The fourth-order valence-corrected chi connectivity index (χ4v) is 1.72. The lowest BCUT2D eigenvalue weighted by atomic mass is 10.2. The predicted octanol–water partition coefficient (Wildman–Crippen LogP) is 2.32. The van der Waals surface area contributed by atoms with Crippen LogP contribution in [0.1, 0.15) is 21.7 Å². The molecule has 94 valence electrons. The number of nitrogens with two attached hydrogens (primary N) is 1. The lowest BCUT2D eigenvalue weighted by Crippen LogP contribution is -2.25. The Labute approximate surface area is 106 Å². The van der Waals surface area contributed by atoms with Gasteiger partial charge in [0.25, 0.3) is 5.91 Å². The molecule has 4 heteroatoms. The number of benzene rings is 1. The van der Waals surface area contributed by atoms with Crippen LogP contribution in [0.5, 0.6) is 0 Å². The van der Waals surface area contributed by atoms with Crippen LogP contribution in [-0.4, -0.2) is 13.0 Å². The van der Waals surface area contributed by atoms with Crippen molar-refractivity contribution in [3.63, 3.8) is 0 Å². The molecule has 1 amide bonds. The van der Waals surface area contributed by atoms with Gasteiger partial charge in [0.2, 0.25) is 0 Å². The van der Waals surface area contributed by atoms with Gasteiger partial charge in [0, 0.05) is 19.3 Å². The van der Waals surface area contributed by atoms with Gasteiger partial charge in [0.15, 0.2) is 0 Å². The van der Waals surface area contributed by atoms with Gasteiger partial charge in [-0.05, 0) is 30.7 Å². The van der Waals surface area contributed by atoms with Crippen molar-refractivity contribution in [3.05, 3.63) is 53.5 Å². The number of anilines is 1. The smallest absolute Gasteiger partial charge is 0.261 e. The molecule has 1 aromatic carbocycles. The summed E-state index contributed by atoms with van der Waals surface area (Å²) in [5.74, 6) is 0.637. The molecule has 0 bridgehead atoms. The van der Waals surface area contributed by atoms with Crippen LogP contribution >= 0.6 is 0 Å². The second-order valence-electron chi connectivity index (χ2n) is 4.18. The highest BCUT2D eigenvalue weighted by Crippen LogP contribution is 2.17. The zero-order valence-electron chi connectivity index (χ0n) is 10.5. The van der Waals surface area contributed by atoms with Gasteiger partial charge in [0.05, 0.1) is 5.56 Å². The lowest BCUT2D eigenvalue weighted by molar-refractivity contribution is 0.0992. The van der Waals surface area contributed by atoms with Crippen LogP contribution in [0, 0.1) is 6.92 Å². The highest BCUT2D eigenvalue weighted by atomic mass is 16.3. The molecule has 0 radical (unpaired) electrons. The third kappa shape index (κ3) is 2.43. The maximum absolute atomic E-state index is 12.2. The van der Waals surface area contributed by atoms with Crippen molar-refractivity contribution in [2.75, 3.05) is 11.9 Å². The summed E-state index contributed by atoms with van der Waals surface area (Å²) in [6, 6.07) is 9.33. The van der Waals surface area contributed by atoms with E-state index in [1.165, 1.54) is 6.26 Å². The monoisotopic (exact) mass is 244 g/mol. The number of hydrogen-bond donors (Lipinski definition) is 1. The highest BCUT2D eigenvalue weighted by Gasteiger charge is 2.15. The van der Waals surface area contributed by atoms with E-state index in [2.05, 4.69) is 0 Å². The van der Waals surface area contributed by atoms with E-state index in [0.717, 1.165) is 17.0 Å². The maximum Gasteiger partial charge on any atom is 0.261 e. The van der Waals surface area contributed by atoms with E-state index in [1.807, 2.05) is 31.2 Å². The second kappa shape index (κ2) is 5.06. The van der Waals surface area contributed by atoms with Crippen molar-refractivity contribution < 1.29 is 9.21 Å². The lowest BCUT2D eigenvalue weighted by Gasteiger charge is -2.16. The minimum absolute atomic E-state index is 0.0904. The normalized spacial score (nSPS) is 10.4. The van der Waals surface area contributed by atoms with Crippen molar-refractivity contribution in [1.29, 1.82) is 0 Å². The first kappa shape index (κ1) is 12.4. The predicted molar refractivity (Wildman–Crippen MR) is 70.5 cm³/mol. The summed E-state index contributed by atoms with van der Waals surface area (Å²) in [6.45, 7) is 2.31. The van der Waals surface area contributed by atoms with E-state index in [4.69, 9.17) is 10.2 Å². The van der Waals surface area contributed by atoms with E-state index in [9.17, 15) is 4.79 Å². The Hall–Kier alpha value is -2.07. The number of aryl methyl sites for hydroxylation is 1. The molecule has 1 aromatic heterocycles. The molecule has 0 aliphatic heterocycles. The van der Waals surface area contributed by atoms with Gasteiger partial charge in [-0.1, -0.05) is 12.1 Å². The molecule has 0 atom stereocenters. The van der Waals surface area contributed by atoms with Gasteiger partial charge in [-0.3, -0.25) is 4.79 Å². The SMILES string of the molecule is Cc1cc(C(=O)N(C)c2ccc(CN)cc2)co1. The molecule has 0 aliphatic carbocycles. The molecule has 0 spiro atoms. The van der Waals surface area contributed by atoms with Gasteiger partial charge >= 0.3 is 0 Å². The Kier molecular flexibility index (Phi) is 3.48. The van der Waals surface area contributed by atoms with Crippen LogP contribution < -0.4 is 10.6 Å². The Balaban J connectivity index is 2.19. The summed E-state index contributed by atoms with van der Waals surface area (Å²) >= 11 is 0. The molecule has 4 nitrogen and oxygen atoms in total. The molecule has 0 saturated heterocycles. The fraction of sp³-hybridized carbons (Fsp3) is 0.214. The van der Waals surface area contributed by atoms with Gasteiger partial charge in [-0.2, -0.15) is 0 Å². The number of carbonyl (C=O) groups is 1. The quantitative estimate of drug-likeness (QED) is 0.901. The molecular formula is C14H16N2O2. The molecule has 2 rings (SSSR count). The molecule has 0 unspecified atom stereocenters. The number of carbonyl (C=O) groups excluding carboxylic acids is 1. The summed E-state index contributed by atoms with van der Waals surface area (Å²) in [6.07, 6.45) is 1.47. The highest BCUT2D eigenvalue weighted by molar-refractivity contribution is 6.05. The molecule has 2 aromatic rings. The van der Waals surface area contributed by atoms with E-state index in [0.29, 0.717) is 12.1 Å². The van der Waals surface area contributed by atoms with Crippen molar-refractivity contribution in [1.82, 2.24) is 0 Å². The maximum atomic E-state index is 12.2. The molecular weight excluding hydrogens is 228 g/mol. The zero-order valence-corrected chi connectivity index (χ0v) is 10.5. The number of hydrogen-bond acceptors (Lipinski definition) is 3. The summed E-state index contributed by atoms with van der Waals surface area (Å²) in [7, 11) is 1.74. The largest absolute Gasteiger partial charge is 0.469 e. The Morgan fingerprint density at radius 1 is 1.33 bits per heavy atom. The number of rotatable bonds is 3. The first-order chi connectivity index (χ1) is 8.61. The fourth-order valence-electron chi connectivity index (χ4n) is 1.72. The third-order valence-corrected chi connectivity index (χ3v) is 2.84. The molecule has 0 saturated carbocycles. The summed E-state index contributed by atoms with van der Waals surface area (Å²) < 4.78 is 5.14. The Bertz CT molecular complexity index is 543. The van der Waals surface area contributed by atoms with Crippen molar-refractivity contribution in [2.45, 2.75) is 13.5 Å². The van der Waals surface area contributed by atoms with Gasteiger partial charge in [-0.25, -0.2) is 0 Å². The summed E-state index contributed by atoms with van der Waals surface area (Å²) in [4.78, 5) is 13.7. The molecule has 18 heavy (non-hydrogen) atoms. The summed E-state index contributed by atoms with van der Waals surface area (Å²) in [5, 5.41) is 0. The van der Waals surface area contributed by atoms with Crippen LogP contribution in [0.15, 0.2) is 41.0 Å². The standard InChI is InChI=1S/C14H16N2O2/c1-10-7-12(9-18-10)14(17)16(2)13-5-3-11(8-15)4-6-13/h3-7,9H,8,15H2,1-2H3.